The third kappa shape index (κ3) is 2.28. The van der Waals surface area contributed by atoms with E-state index < -0.39 is 0 Å². The summed E-state index contributed by atoms with van der Waals surface area (Å²) in [6.45, 7) is 7.89. The number of benzene rings is 1. The largest absolute Gasteiger partial charge is 0.394 e. The van der Waals surface area contributed by atoms with Gasteiger partial charge in [0.15, 0.2) is 0 Å². The molecule has 102 valence electrons. The summed E-state index contributed by atoms with van der Waals surface area (Å²) in [5.41, 5.74) is 2.83. The van der Waals surface area contributed by atoms with E-state index in [1.54, 1.807) is 10.9 Å². The Morgan fingerprint density at radius 3 is 2.58 bits per heavy atom. The van der Waals surface area contributed by atoms with E-state index in [1.165, 1.54) is 0 Å². The summed E-state index contributed by atoms with van der Waals surface area (Å²) in [6, 6.07) is 3.53. The maximum Gasteiger partial charge on any atom is 0.261 e. The Balaban J connectivity index is 2.72. The van der Waals surface area contributed by atoms with Crippen molar-refractivity contribution >= 4 is 10.9 Å². The van der Waals surface area contributed by atoms with Gasteiger partial charge in [0.1, 0.15) is 0 Å². The van der Waals surface area contributed by atoms with Gasteiger partial charge in [-0.15, -0.1) is 0 Å². The Morgan fingerprint density at radius 2 is 2.00 bits per heavy atom. The van der Waals surface area contributed by atoms with Crippen LogP contribution in [0.5, 0.6) is 0 Å². The first-order valence-electron chi connectivity index (χ1n) is 6.55. The molecule has 0 aliphatic heterocycles. The van der Waals surface area contributed by atoms with Crippen molar-refractivity contribution in [3.63, 3.8) is 0 Å². The number of rotatable bonds is 3. The Bertz CT molecular complexity index is 659. The second kappa shape index (κ2) is 5.13. The van der Waals surface area contributed by atoms with E-state index in [1.807, 2.05) is 39.8 Å². The summed E-state index contributed by atoms with van der Waals surface area (Å²) in [5, 5.41) is 10.1. The van der Waals surface area contributed by atoms with Gasteiger partial charge in [-0.1, -0.05) is 19.9 Å². The molecule has 1 N–H and O–H groups in total. The van der Waals surface area contributed by atoms with Gasteiger partial charge in [-0.3, -0.25) is 9.36 Å². The predicted octanol–water partition coefficient (Wildman–Crippen LogP) is 2.20. The summed E-state index contributed by atoms with van der Waals surface area (Å²) in [7, 11) is 0. The minimum atomic E-state index is -0.231. The van der Waals surface area contributed by atoms with E-state index in [0.29, 0.717) is 5.39 Å². The highest BCUT2D eigenvalue weighted by atomic mass is 16.3. The molecular weight excluding hydrogens is 240 g/mol. The van der Waals surface area contributed by atoms with E-state index >= 15 is 0 Å². The highest BCUT2D eigenvalue weighted by Gasteiger charge is 2.17. The van der Waals surface area contributed by atoms with Gasteiger partial charge in [0.05, 0.1) is 29.9 Å². The molecule has 1 atom stereocenters. The maximum atomic E-state index is 12.5. The van der Waals surface area contributed by atoms with Gasteiger partial charge in [0.2, 0.25) is 0 Å². The molecule has 0 spiro atoms. The van der Waals surface area contributed by atoms with Crippen LogP contribution in [0.25, 0.3) is 10.9 Å². The van der Waals surface area contributed by atoms with Crippen LogP contribution >= 0.6 is 0 Å². The normalized spacial score (nSPS) is 13.2. The molecule has 1 aromatic heterocycles. The first kappa shape index (κ1) is 13.7. The van der Waals surface area contributed by atoms with Crippen LogP contribution < -0.4 is 5.56 Å². The van der Waals surface area contributed by atoms with Gasteiger partial charge < -0.3 is 5.11 Å². The predicted molar refractivity (Wildman–Crippen MR) is 76.4 cm³/mol. The van der Waals surface area contributed by atoms with Crippen LogP contribution in [0.3, 0.4) is 0 Å². The van der Waals surface area contributed by atoms with Crippen molar-refractivity contribution in [2.45, 2.75) is 33.7 Å². The summed E-state index contributed by atoms with van der Waals surface area (Å²) in [6.07, 6.45) is 1.55. The fourth-order valence-electron chi connectivity index (χ4n) is 2.31. The van der Waals surface area contributed by atoms with Gasteiger partial charge in [0, 0.05) is 0 Å². The fourth-order valence-corrected chi connectivity index (χ4v) is 2.31. The molecule has 1 aromatic carbocycles. The first-order valence-corrected chi connectivity index (χ1v) is 6.55. The molecule has 4 heteroatoms. The second-order valence-corrected chi connectivity index (χ2v) is 5.35. The van der Waals surface area contributed by atoms with E-state index in [9.17, 15) is 9.90 Å². The number of hydrogen-bond donors (Lipinski definition) is 1. The second-order valence-electron chi connectivity index (χ2n) is 5.35. The van der Waals surface area contributed by atoms with Gasteiger partial charge >= 0.3 is 0 Å². The van der Waals surface area contributed by atoms with Crippen molar-refractivity contribution < 1.29 is 5.11 Å². The number of hydrogen-bond acceptors (Lipinski definition) is 3. The van der Waals surface area contributed by atoms with E-state index in [2.05, 4.69) is 4.98 Å². The van der Waals surface area contributed by atoms with Crippen LogP contribution in [0.4, 0.5) is 0 Å². The van der Waals surface area contributed by atoms with Crippen molar-refractivity contribution in [2.75, 3.05) is 6.61 Å². The molecule has 0 unspecified atom stereocenters. The lowest BCUT2D eigenvalue weighted by Gasteiger charge is -2.21. The Morgan fingerprint density at radius 1 is 1.32 bits per heavy atom. The smallest absolute Gasteiger partial charge is 0.261 e. The lowest BCUT2D eigenvalue weighted by atomic mass is 10.0. The van der Waals surface area contributed by atoms with Gasteiger partial charge in [-0.2, -0.15) is 0 Å². The van der Waals surface area contributed by atoms with E-state index in [-0.39, 0.29) is 24.1 Å². The van der Waals surface area contributed by atoms with Crippen molar-refractivity contribution in [1.29, 1.82) is 0 Å². The third-order valence-electron chi connectivity index (χ3n) is 3.79. The first-order chi connectivity index (χ1) is 8.97. The highest BCUT2D eigenvalue weighted by Crippen LogP contribution is 2.19. The Labute approximate surface area is 112 Å². The third-order valence-corrected chi connectivity index (χ3v) is 3.79. The topological polar surface area (TPSA) is 55.1 Å². The van der Waals surface area contributed by atoms with Gasteiger partial charge in [0.25, 0.3) is 5.56 Å². The number of fused-ring (bicyclic) bond motifs is 1. The average Bonchev–Trinajstić information content (AvgIpc) is 2.37. The molecule has 19 heavy (non-hydrogen) atoms. The van der Waals surface area contributed by atoms with Crippen molar-refractivity contribution in [3.8, 4) is 0 Å². The lowest BCUT2D eigenvalue weighted by molar-refractivity contribution is 0.189. The van der Waals surface area contributed by atoms with E-state index in [4.69, 9.17) is 0 Å². The average molecular weight is 260 g/mol. The number of aliphatic hydroxyl groups is 1. The summed E-state index contributed by atoms with van der Waals surface area (Å²) in [4.78, 5) is 16.9. The Kier molecular flexibility index (Phi) is 3.71. The molecule has 2 aromatic rings. The summed E-state index contributed by atoms with van der Waals surface area (Å²) < 4.78 is 1.54. The highest BCUT2D eigenvalue weighted by molar-refractivity contribution is 5.81. The molecule has 0 saturated carbocycles. The minimum absolute atomic E-state index is 0.0599. The summed E-state index contributed by atoms with van der Waals surface area (Å²) >= 11 is 0. The molecule has 0 aliphatic rings. The van der Waals surface area contributed by atoms with Crippen LogP contribution in [0.2, 0.25) is 0 Å². The molecular formula is C15H20N2O2. The standard InChI is InChI=1S/C15H20N2O2/c1-9(2)13(7-18)17-8-16-14-11(4)10(3)5-6-12(14)15(17)19/h5-6,8-9,13,18H,7H2,1-4H3/t13-/m1/s1. The Hall–Kier alpha value is -1.68. The SMILES string of the molecule is Cc1ccc2c(=O)n([C@H](CO)C(C)C)cnc2c1C. The van der Waals surface area contributed by atoms with Gasteiger partial charge in [-0.25, -0.2) is 4.98 Å². The molecule has 1 heterocycles. The molecule has 0 bridgehead atoms. The van der Waals surface area contributed by atoms with E-state index in [0.717, 1.165) is 16.6 Å². The number of aliphatic hydroxyl groups excluding tert-OH is 1. The molecule has 0 radical (unpaired) electrons. The lowest BCUT2D eigenvalue weighted by Crippen LogP contribution is -2.30. The van der Waals surface area contributed by atoms with Crippen molar-refractivity contribution in [3.05, 3.63) is 39.9 Å². The zero-order chi connectivity index (χ0) is 14.2. The number of nitrogens with zero attached hydrogens (tertiary/aromatic N) is 2. The van der Waals surface area contributed by atoms with Gasteiger partial charge in [-0.05, 0) is 37.0 Å². The quantitative estimate of drug-likeness (QED) is 0.920. The minimum Gasteiger partial charge on any atom is -0.394 e. The van der Waals surface area contributed by atoms with Crippen LogP contribution in [0.15, 0.2) is 23.3 Å². The molecule has 0 fully saturated rings. The van der Waals surface area contributed by atoms with Crippen molar-refractivity contribution in [1.82, 2.24) is 9.55 Å². The zero-order valence-corrected chi connectivity index (χ0v) is 11.8. The number of aromatic nitrogens is 2. The van der Waals surface area contributed by atoms with Crippen molar-refractivity contribution in [2.24, 2.45) is 5.92 Å². The maximum absolute atomic E-state index is 12.5. The fraction of sp³-hybridized carbons (Fsp3) is 0.467. The molecule has 0 amide bonds. The van der Waals surface area contributed by atoms with Crippen LogP contribution in [-0.4, -0.2) is 21.3 Å². The number of aryl methyl sites for hydroxylation is 2. The zero-order valence-electron chi connectivity index (χ0n) is 11.8. The van der Waals surface area contributed by atoms with Crippen LogP contribution in [0, 0.1) is 19.8 Å². The molecule has 0 aliphatic carbocycles. The molecule has 4 nitrogen and oxygen atoms in total. The molecule has 0 saturated heterocycles. The summed E-state index contributed by atoms with van der Waals surface area (Å²) in [5.74, 6) is 0.175. The monoisotopic (exact) mass is 260 g/mol. The van der Waals surface area contributed by atoms with Crippen LogP contribution in [-0.2, 0) is 0 Å². The van der Waals surface area contributed by atoms with Crippen LogP contribution in [0.1, 0.15) is 31.0 Å². The molecule has 2 rings (SSSR count).